The van der Waals surface area contributed by atoms with Gasteiger partial charge in [0.05, 0.1) is 31.0 Å². The smallest absolute Gasteiger partial charge is 0.211 e. The third-order valence-electron chi connectivity index (χ3n) is 5.58. The summed E-state index contributed by atoms with van der Waals surface area (Å²) in [5.74, 6) is 1.06. The van der Waals surface area contributed by atoms with Gasteiger partial charge in [0.15, 0.2) is 0 Å². The number of hydrogen-bond donors (Lipinski definition) is 0. The zero-order valence-corrected chi connectivity index (χ0v) is 16.8. The van der Waals surface area contributed by atoms with Gasteiger partial charge in [0.25, 0.3) is 0 Å². The Balaban J connectivity index is 2.08. The quantitative estimate of drug-likeness (QED) is 0.350. The van der Waals surface area contributed by atoms with Gasteiger partial charge < -0.3 is 14.0 Å². The van der Waals surface area contributed by atoms with E-state index < -0.39 is 0 Å². The summed E-state index contributed by atoms with van der Waals surface area (Å²) in [6.07, 6.45) is 6.81. The lowest BCUT2D eigenvalue weighted by molar-refractivity contribution is -0.483. The van der Waals surface area contributed by atoms with Crippen molar-refractivity contribution in [1.29, 1.82) is 0 Å². The summed E-state index contributed by atoms with van der Waals surface area (Å²) in [5, 5.41) is 12.4. The molecule has 1 aliphatic heterocycles. The van der Waals surface area contributed by atoms with E-state index in [0.29, 0.717) is 24.5 Å². The van der Waals surface area contributed by atoms with Gasteiger partial charge in [0.2, 0.25) is 6.54 Å². The molecule has 0 saturated heterocycles. The SMILES string of the molecule is COc1cc(OC)c2c(-c3ccc(C)cc3)cn3c2c1C(C[N+](=O)[O-])C/C=C\C3. The number of nitrogens with zero attached hydrogens (tertiary/aromatic N) is 2. The van der Waals surface area contributed by atoms with Crippen LogP contribution in [0.15, 0.2) is 48.7 Å². The average Bonchev–Trinajstić information content (AvgIpc) is 3.07. The average molecular weight is 392 g/mol. The van der Waals surface area contributed by atoms with Crippen LogP contribution in [0.3, 0.4) is 0 Å². The summed E-state index contributed by atoms with van der Waals surface area (Å²) in [4.78, 5) is 11.1. The number of allylic oxidation sites excluding steroid dienone is 2. The predicted molar refractivity (Wildman–Crippen MR) is 114 cm³/mol. The van der Waals surface area contributed by atoms with Crippen LogP contribution in [0.2, 0.25) is 0 Å². The summed E-state index contributed by atoms with van der Waals surface area (Å²) in [5.41, 5.74) is 5.16. The van der Waals surface area contributed by atoms with Gasteiger partial charge in [-0.3, -0.25) is 10.1 Å². The van der Waals surface area contributed by atoms with Crippen LogP contribution in [0.4, 0.5) is 0 Å². The summed E-state index contributed by atoms with van der Waals surface area (Å²) >= 11 is 0. The topological polar surface area (TPSA) is 66.5 Å². The van der Waals surface area contributed by atoms with Gasteiger partial charge in [-0.05, 0) is 18.9 Å². The molecule has 29 heavy (non-hydrogen) atoms. The first kappa shape index (κ1) is 19.1. The molecule has 1 aliphatic rings. The highest BCUT2D eigenvalue weighted by atomic mass is 16.6. The van der Waals surface area contributed by atoms with Crippen molar-refractivity contribution in [3.05, 3.63) is 69.9 Å². The fraction of sp³-hybridized carbons (Fsp3) is 0.304. The van der Waals surface area contributed by atoms with Crippen molar-refractivity contribution in [2.75, 3.05) is 20.8 Å². The molecule has 1 unspecified atom stereocenters. The number of ether oxygens (including phenoxy) is 2. The molecular weight excluding hydrogens is 368 g/mol. The van der Waals surface area contributed by atoms with E-state index in [2.05, 4.69) is 48.0 Å². The van der Waals surface area contributed by atoms with Crippen molar-refractivity contribution < 1.29 is 14.4 Å². The predicted octanol–water partition coefficient (Wildman–Crippen LogP) is 4.95. The van der Waals surface area contributed by atoms with E-state index >= 15 is 0 Å². The molecule has 6 heteroatoms. The van der Waals surface area contributed by atoms with Gasteiger partial charge in [-0.2, -0.15) is 0 Å². The molecule has 0 N–H and O–H groups in total. The zero-order chi connectivity index (χ0) is 20.5. The largest absolute Gasteiger partial charge is 0.496 e. The molecule has 0 radical (unpaired) electrons. The Morgan fingerprint density at radius 2 is 1.86 bits per heavy atom. The Hall–Kier alpha value is -3.28. The van der Waals surface area contributed by atoms with Gasteiger partial charge in [0.1, 0.15) is 11.5 Å². The van der Waals surface area contributed by atoms with Crippen molar-refractivity contribution >= 4 is 10.9 Å². The Morgan fingerprint density at radius 1 is 1.14 bits per heavy atom. The van der Waals surface area contributed by atoms with E-state index in [0.717, 1.165) is 27.6 Å². The molecule has 0 bridgehead atoms. The lowest BCUT2D eigenvalue weighted by Crippen LogP contribution is -2.16. The standard InChI is InChI=1S/C23H24N2O4/c1-15-7-9-16(10-8-15)18-14-24-11-5-4-6-17(13-25(26)27)21-19(28-2)12-20(29-3)22(18)23(21)24/h4-5,7-10,12,14,17H,6,11,13H2,1-3H3/b5-4-. The highest BCUT2D eigenvalue weighted by molar-refractivity contribution is 6.03. The van der Waals surface area contributed by atoms with Gasteiger partial charge in [0, 0.05) is 34.9 Å². The first-order chi connectivity index (χ1) is 14.0. The molecule has 2 heterocycles. The minimum absolute atomic E-state index is 0.146. The van der Waals surface area contributed by atoms with Crippen molar-refractivity contribution in [3.8, 4) is 22.6 Å². The molecule has 150 valence electrons. The Kier molecular flexibility index (Phi) is 5.01. The summed E-state index contributed by atoms with van der Waals surface area (Å²) in [7, 11) is 3.24. The van der Waals surface area contributed by atoms with E-state index in [1.165, 1.54) is 5.56 Å². The van der Waals surface area contributed by atoms with Crippen LogP contribution in [-0.2, 0) is 6.54 Å². The Bertz CT molecular complexity index is 1100. The minimum atomic E-state index is -0.274. The molecule has 0 spiro atoms. The number of rotatable bonds is 5. The molecule has 3 aromatic rings. The summed E-state index contributed by atoms with van der Waals surface area (Å²) in [6.45, 7) is 2.61. The van der Waals surface area contributed by atoms with Crippen LogP contribution in [0.5, 0.6) is 11.5 Å². The van der Waals surface area contributed by atoms with Gasteiger partial charge in [-0.1, -0.05) is 42.0 Å². The second kappa shape index (κ2) is 7.62. The molecule has 0 amide bonds. The van der Waals surface area contributed by atoms with E-state index in [1.807, 2.05) is 12.1 Å². The van der Waals surface area contributed by atoms with Crippen LogP contribution in [0.25, 0.3) is 22.0 Å². The zero-order valence-electron chi connectivity index (χ0n) is 16.8. The lowest BCUT2D eigenvalue weighted by atomic mass is 9.90. The number of nitro groups is 1. The molecule has 1 atom stereocenters. The highest BCUT2D eigenvalue weighted by Crippen LogP contribution is 2.46. The van der Waals surface area contributed by atoms with Crippen molar-refractivity contribution in [2.45, 2.75) is 25.8 Å². The molecule has 0 saturated carbocycles. The number of methoxy groups -OCH3 is 2. The maximum Gasteiger partial charge on any atom is 0.211 e. The molecule has 2 aromatic carbocycles. The minimum Gasteiger partial charge on any atom is -0.496 e. The molecule has 0 aliphatic carbocycles. The van der Waals surface area contributed by atoms with Crippen molar-refractivity contribution in [2.24, 2.45) is 0 Å². The van der Waals surface area contributed by atoms with Crippen LogP contribution >= 0.6 is 0 Å². The van der Waals surface area contributed by atoms with Crippen molar-refractivity contribution in [3.63, 3.8) is 0 Å². The Morgan fingerprint density at radius 3 is 2.52 bits per heavy atom. The first-order valence-electron chi connectivity index (χ1n) is 9.65. The van der Waals surface area contributed by atoms with Crippen LogP contribution in [0.1, 0.15) is 23.5 Å². The van der Waals surface area contributed by atoms with Gasteiger partial charge in [-0.25, -0.2) is 0 Å². The van der Waals surface area contributed by atoms with E-state index in [4.69, 9.17) is 9.47 Å². The maximum atomic E-state index is 11.4. The van der Waals surface area contributed by atoms with E-state index in [1.54, 1.807) is 14.2 Å². The van der Waals surface area contributed by atoms with Crippen LogP contribution in [-0.4, -0.2) is 30.3 Å². The third kappa shape index (κ3) is 3.35. The molecule has 4 rings (SSSR count). The summed E-state index contributed by atoms with van der Waals surface area (Å²) in [6, 6.07) is 10.2. The normalized spacial score (nSPS) is 16.9. The highest BCUT2D eigenvalue weighted by Gasteiger charge is 2.29. The molecule has 1 aromatic heterocycles. The van der Waals surface area contributed by atoms with Crippen LogP contribution < -0.4 is 9.47 Å². The fourth-order valence-corrected chi connectivity index (χ4v) is 4.21. The number of hydrogen-bond acceptors (Lipinski definition) is 4. The molecular formula is C23H24N2O4. The second-order valence-corrected chi connectivity index (χ2v) is 7.40. The van der Waals surface area contributed by atoms with Gasteiger partial charge in [-0.15, -0.1) is 0 Å². The van der Waals surface area contributed by atoms with E-state index in [-0.39, 0.29) is 17.4 Å². The monoisotopic (exact) mass is 392 g/mol. The van der Waals surface area contributed by atoms with Gasteiger partial charge >= 0.3 is 0 Å². The maximum absolute atomic E-state index is 11.4. The second-order valence-electron chi connectivity index (χ2n) is 7.40. The number of aromatic nitrogens is 1. The first-order valence-corrected chi connectivity index (χ1v) is 9.65. The number of aryl methyl sites for hydroxylation is 1. The third-order valence-corrected chi connectivity index (χ3v) is 5.58. The lowest BCUT2D eigenvalue weighted by Gasteiger charge is -2.21. The number of benzene rings is 2. The fourth-order valence-electron chi connectivity index (χ4n) is 4.21. The molecule has 6 nitrogen and oxygen atoms in total. The summed E-state index contributed by atoms with van der Waals surface area (Å²) < 4.78 is 13.6. The molecule has 0 fully saturated rings. The Labute approximate surface area is 169 Å². The van der Waals surface area contributed by atoms with Crippen LogP contribution in [0, 0.1) is 17.0 Å². The van der Waals surface area contributed by atoms with Crippen molar-refractivity contribution in [1.82, 2.24) is 4.57 Å². The van der Waals surface area contributed by atoms with E-state index in [9.17, 15) is 10.1 Å².